The van der Waals surface area contributed by atoms with E-state index in [-0.39, 0.29) is 5.56 Å². The lowest BCUT2D eigenvalue weighted by Gasteiger charge is -2.15. The summed E-state index contributed by atoms with van der Waals surface area (Å²) in [5, 5.41) is 10.4. The minimum Gasteiger partial charge on any atom is -0.494 e. The van der Waals surface area contributed by atoms with Crippen molar-refractivity contribution >= 4 is 0 Å². The molecule has 0 amide bonds. The van der Waals surface area contributed by atoms with Gasteiger partial charge in [-0.15, -0.1) is 6.42 Å². The van der Waals surface area contributed by atoms with Crippen molar-refractivity contribution in [1.29, 1.82) is 0 Å². The van der Waals surface area contributed by atoms with Crippen molar-refractivity contribution in [2.75, 3.05) is 0 Å². The third kappa shape index (κ3) is 2.61. The maximum atomic E-state index is 12.0. The maximum Gasteiger partial charge on any atom is 0.332 e. The van der Waals surface area contributed by atoms with Crippen LogP contribution in [0, 0.1) is 19.3 Å². The third-order valence-electron chi connectivity index (χ3n) is 3.35. The van der Waals surface area contributed by atoms with E-state index in [1.54, 1.807) is 19.1 Å². The molecule has 21 heavy (non-hydrogen) atoms. The van der Waals surface area contributed by atoms with E-state index in [0.717, 1.165) is 10.1 Å². The van der Waals surface area contributed by atoms with Gasteiger partial charge in [0, 0.05) is 0 Å². The van der Waals surface area contributed by atoms with Crippen LogP contribution in [0.3, 0.4) is 0 Å². The van der Waals surface area contributed by atoms with Crippen molar-refractivity contribution in [3.63, 3.8) is 0 Å². The van der Waals surface area contributed by atoms with Crippen LogP contribution >= 0.6 is 0 Å². The molecule has 1 heterocycles. The average Bonchev–Trinajstić information content (AvgIpc) is 2.45. The summed E-state index contributed by atoms with van der Waals surface area (Å²) in [7, 11) is 0. The minimum atomic E-state index is -0.710. The molecule has 0 spiro atoms. The molecule has 5 nitrogen and oxygen atoms in total. The smallest absolute Gasteiger partial charge is 0.332 e. The molecule has 0 bridgehead atoms. The number of terminal acetylenes is 1. The first-order chi connectivity index (χ1) is 9.99. The van der Waals surface area contributed by atoms with Crippen LogP contribution in [0.4, 0.5) is 0 Å². The van der Waals surface area contributed by atoms with Gasteiger partial charge in [-0.2, -0.15) is 0 Å². The van der Waals surface area contributed by atoms with Gasteiger partial charge in [0.15, 0.2) is 0 Å². The van der Waals surface area contributed by atoms with E-state index in [1.165, 1.54) is 0 Å². The molecule has 0 saturated carbocycles. The molecule has 0 radical (unpaired) electrons. The molecule has 0 aliphatic rings. The molecule has 1 unspecified atom stereocenters. The lowest BCUT2D eigenvalue weighted by Crippen LogP contribution is -2.33. The van der Waals surface area contributed by atoms with Gasteiger partial charge in [-0.05, 0) is 18.9 Å². The Morgan fingerprint density at radius 3 is 2.48 bits per heavy atom. The highest BCUT2D eigenvalue weighted by Crippen LogP contribution is 2.26. The molecule has 2 N–H and O–H groups in total. The monoisotopic (exact) mass is 284 g/mol. The number of rotatable bonds is 3. The van der Waals surface area contributed by atoms with E-state index >= 15 is 0 Å². The fourth-order valence-electron chi connectivity index (χ4n) is 2.18. The number of aromatic hydroxyl groups is 1. The topological polar surface area (TPSA) is 75.1 Å². The molecule has 0 fully saturated rings. The lowest BCUT2D eigenvalue weighted by molar-refractivity contribution is 0.387. The second-order valence-electron chi connectivity index (χ2n) is 4.78. The third-order valence-corrected chi connectivity index (χ3v) is 3.35. The van der Waals surface area contributed by atoms with E-state index < -0.39 is 23.2 Å². The SMILES string of the molecule is C#CC(CC)n1c(O)c(-c2ccc(C)cc2)c(=O)[nH]c1=O. The van der Waals surface area contributed by atoms with Crippen LogP contribution in [0.5, 0.6) is 5.88 Å². The van der Waals surface area contributed by atoms with Gasteiger partial charge < -0.3 is 5.11 Å². The summed E-state index contributed by atoms with van der Waals surface area (Å²) in [4.78, 5) is 26.1. The second kappa shape index (κ2) is 5.71. The van der Waals surface area contributed by atoms with Crippen molar-refractivity contribution in [3.8, 4) is 29.4 Å². The number of aromatic nitrogens is 2. The van der Waals surface area contributed by atoms with Crippen molar-refractivity contribution in [2.45, 2.75) is 26.3 Å². The lowest BCUT2D eigenvalue weighted by atomic mass is 10.1. The van der Waals surface area contributed by atoms with Crippen molar-refractivity contribution in [3.05, 3.63) is 50.7 Å². The Kier molecular flexibility index (Phi) is 3.99. The van der Waals surface area contributed by atoms with Crippen molar-refractivity contribution in [1.82, 2.24) is 9.55 Å². The molecular formula is C16H16N2O3. The van der Waals surface area contributed by atoms with E-state index in [9.17, 15) is 14.7 Å². The van der Waals surface area contributed by atoms with E-state index in [2.05, 4.69) is 10.9 Å². The summed E-state index contributed by atoms with van der Waals surface area (Å²) in [6.07, 6.45) is 5.85. The molecular weight excluding hydrogens is 268 g/mol. The highest BCUT2D eigenvalue weighted by Gasteiger charge is 2.19. The predicted octanol–water partition coefficient (Wildman–Crippen LogP) is 1.80. The second-order valence-corrected chi connectivity index (χ2v) is 4.78. The molecule has 1 aromatic carbocycles. The Balaban J connectivity index is 2.77. The van der Waals surface area contributed by atoms with Gasteiger partial charge in [0.1, 0.15) is 11.6 Å². The molecule has 0 saturated heterocycles. The molecule has 108 valence electrons. The van der Waals surface area contributed by atoms with Gasteiger partial charge >= 0.3 is 5.69 Å². The molecule has 2 aromatic rings. The number of aryl methyl sites for hydroxylation is 1. The van der Waals surface area contributed by atoms with Gasteiger partial charge in [0.25, 0.3) is 5.56 Å². The molecule has 2 rings (SSSR count). The van der Waals surface area contributed by atoms with E-state index in [0.29, 0.717) is 12.0 Å². The average molecular weight is 284 g/mol. The van der Waals surface area contributed by atoms with Gasteiger partial charge in [0.05, 0.1) is 0 Å². The Morgan fingerprint density at radius 2 is 1.95 bits per heavy atom. The van der Waals surface area contributed by atoms with E-state index in [4.69, 9.17) is 6.42 Å². The Labute approximate surface area is 121 Å². The summed E-state index contributed by atoms with van der Waals surface area (Å²) in [6.45, 7) is 3.72. The van der Waals surface area contributed by atoms with Crippen LogP contribution < -0.4 is 11.2 Å². The zero-order valence-corrected chi connectivity index (χ0v) is 11.9. The first-order valence-electron chi connectivity index (χ1n) is 6.60. The van der Waals surface area contributed by atoms with Crippen LogP contribution in [0.25, 0.3) is 11.1 Å². The maximum absolute atomic E-state index is 12.0. The van der Waals surface area contributed by atoms with Crippen LogP contribution in [-0.4, -0.2) is 14.7 Å². The van der Waals surface area contributed by atoms with E-state index in [1.807, 2.05) is 19.1 Å². The highest BCUT2D eigenvalue weighted by atomic mass is 16.3. The summed E-state index contributed by atoms with van der Waals surface area (Å²) in [6, 6.07) is 6.46. The number of hydrogen-bond donors (Lipinski definition) is 2. The molecule has 0 aliphatic carbocycles. The number of hydrogen-bond acceptors (Lipinski definition) is 3. The van der Waals surface area contributed by atoms with Gasteiger partial charge in [-0.1, -0.05) is 42.7 Å². The summed E-state index contributed by atoms with van der Waals surface area (Å²) >= 11 is 0. The van der Waals surface area contributed by atoms with Crippen LogP contribution in [0.1, 0.15) is 24.9 Å². The summed E-state index contributed by atoms with van der Waals surface area (Å²) in [5.74, 6) is 2.03. The molecule has 1 aromatic heterocycles. The molecule has 0 aliphatic heterocycles. The van der Waals surface area contributed by atoms with Crippen LogP contribution in [-0.2, 0) is 0 Å². The standard InChI is InChI=1S/C16H16N2O3/c1-4-12(5-2)18-15(20)13(14(19)17-16(18)21)11-8-6-10(3)7-9-11/h1,6-9,12,20H,5H2,2-3H3,(H,17,19,21). The van der Waals surface area contributed by atoms with Crippen molar-refractivity contribution < 1.29 is 5.11 Å². The van der Waals surface area contributed by atoms with Gasteiger partial charge in [-0.3, -0.25) is 9.78 Å². The Morgan fingerprint density at radius 1 is 1.33 bits per heavy atom. The number of aromatic amines is 1. The van der Waals surface area contributed by atoms with Gasteiger partial charge in [0.2, 0.25) is 5.88 Å². The van der Waals surface area contributed by atoms with Crippen LogP contribution in [0.2, 0.25) is 0 Å². The molecule has 5 heteroatoms. The Hall–Kier alpha value is -2.74. The van der Waals surface area contributed by atoms with Crippen LogP contribution in [0.15, 0.2) is 33.9 Å². The quantitative estimate of drug-likeness (QED) is 0.844. The minimum absolute atomic E-state index is 0.0447. The number of H-pyrrole nitrogens is 1. The number of nitrogens with one attached hydrogen (secondary N) is 1. The molecule has 1 atom stereocenters. The van der Waals surface area contributed by atoms with Crippen molar-refractivity contribution in [2.24, 2.45) is 0 Å². The summed E-state index contributed by atoms with van der Waals surface area (Å²) < 4.78 is 1.04. The Bertz CT molecular complexity index is 807. The zero-order chi connectivity index (χ0) is 15.6. The number of nitrogens with zero attached hydrogens (tertiary/aromatic N) is 1. The van der Waals surface area contributed by atoms with Gasteiger partial charge in [-0.25, -0.2) is 9.36 Å². The fourth-order valence-corrected chi connectivity index (χ4v) is 2.18. The largest absolute Gasteiger partial charge is 0.494 e. The number of benzene rings is 1. The zero-order valence-electron chi connectivity index (χ0n) is 11.9. The highest BCUT2D eigenvalue weighted by molar-refractivity contribution is 5.67. The first-order valence-corrected chi connectivity index (χ1v) is 6.60. The predicted molar refractivity (Wildman–Crippen MR) is 81.3 cm³/mol. The fraction of sp³-hybridized carbons (Fsp3) is 0.250. The normalized spacial score (nSPS) is 11.9. The first kappa shape index (κ1) is 14.7. The summed E-state index contributed by atoms with van der Waals surface area (Å²) in [5.41, 5.74) is 0.254.